The van der Waals surface area contributed by atoms with E-state index in [1.807, 2.05) is 5.32 Å². The lowest BCUT2D eigenvalue weighted by molar-refractivity contribution is -0.137. The molecule has 0 aliphatic heterocycles. The number of Topliss-reactive ketones (excluding diaryl/α,β-unsaturated/α-hetero) is 1. The van der Waals surface area contributed by atoms with Gasteiger partial charge in [0, 0.05) is 24.3 Å². The van der Waals surface area contributed by atoms with Crippen LogP contribution in [0, 0.1) is 0 Å². The van der Waals surface area contributed by atoms with Crippen molar-refractivity contribution in [3.8, 4) is 0 Å². The summed E-state index contributed by atoms with van der Waals surface area (Å²) in [6, 6.07) is 2.87. The minimum absolute atomic E-state index is 0.255. The van der Waals surface area contributed by atoms with Gasteiger partial charge in [0.25, 0.3) is 0 Å². The number of carbonyl (C=O) groups is 3. The predicted molar refractivity (Wildman–Crippen MR) is 91.6 cm³/mol. The molecule has 27 heavy (non-hydrogen) atoms. The summed E-state index contributed by atoms with van der Waals surface area (Å²) in [7, 11) is 1.20. The van der Waals surface area contributed by atoms with Crippen LogP contribution < -0.4 is 10.6 Å². The second-order valence-corrected chi connectivity index (χ2v) is 6.09. The van der Waals surface area contributed by atoms with Crippen LogP contribution in [0.3, 0.4) is 0 Å². The fourth-order valence-corrected chi connectivity index (χ4v) is 2.70. The van der Waals surface area contributed by atoms with Crippen LogP contribution in [0.5, 0.6) is 0 Å². The maximum atomic E-state index is 13.3. The quantitative estimate of drug-likeness (QED) is 0.549. The van der Waals surface area contributed by atoms with Crippen molar-refractivity contribution in [3.63, 3.8) is 0 Å². The maximum Gasteiger partial charge on any atom is 0.418 e. The highest BCUT2D eigenvalue weighted by molar-refractivity contribution is 7.13. The number of methoxy groups -OCH3 is 1. The summed E-state index contributed by atoms with van der Waals surface area (Å²) >= 11 is 1.12. The Balaban J connectivity index is 2.29. The third-order valence-corrected chi connectivity index (χ3v) is 3.90. The number of hydrogen-bond donors (Lipinski definition) is 2. The van der Waals surface area contributed by atoms with Crippen LogP contribution in [0.15, 0.2) is 29.8 Å². The summed E-state index contributed by atoms with van der Waals surface area (Å²) in [4.78, 5) is 39.8. The number of benzene rings is 1. The minimum atomic E-state index is -4.81. The molecule has 2 rings (SSSR count). The molecule has 0 saturated heterocycles. The molecule has 1 aromatic heterocycles. The standard InChI is InChI=1S/C16H14F3N3O4S/c1-26-8-13(25)21-14-9(3-2-4-10(14)16(17,18)19)11(23)7-12(24)22-15-20-5-6-27-15/h2-6H,7-8H2,1H3,(H,21,25)(H,20,22,24). The van der Waals surface area contributed by atoms with E-state index in [0.29, 0.717) is 0 Å². The molecule has 0 aliphatic rings. The van der Waals surface area contributed by atoms with E-state index in [1.54, 1.807) is 5.38 Å². The van der Waals surface area contributed by atoms with Gasteiger partial charge in [-0.15, -0.1) is 11.3 Å². The molecule has 0 atom stereocenters. The van der Waals surface area contributed by atoms with Crippen LogP contribution in [-0.2, 0) is 20.5 Å². The third-order valence-electron chi connectivity index (χ3n) is 3.21. The van der Waals surface area contributed by atoms with Crippen LogP contribution in [0.1, 0.15) is 22.3 Å². The molecule has 1 heterocycles. The van der Waals surface area contributed by atoms with Crippen molar-refractivity contribution in [2.45, 2.75) is 12.6 Å². The number of anilines is 2. The van der Waals surface area contributed by atoms with Crippen molar-refractivity contribution in [2.24, 2.45) is 0 Å². The number of thiazole rings is 1. The molecule has 2 amide bonds. The van der Waals surface area contributed by atoms with Gasteiger partial charge < -0.3 is 15.4 Å². The largest absolute Gasteiger partial charge is 0.418 e. The van der Waals surface area contributed by atoms with E-state index in [0.717, 1.165) is 29.5 Å². The monoisotopic (exact) mass is 401 g/mol. The number of ether oxygens (including phenoxy) is 1. The molecule has 2 aromatic rings. The topological polar surface area (TPSA) is 97.4 Å². The van der Waals surface area contributed by atoms with E-state index in [4.69, 9.17) is 0 Å². The van der Waals surface area contributed by atoms with Gasteiger partial charge in [0.05, 0.1) is 17.7 Å². The summed E-state index contributed by atoms with van der Waals surface area (Å²) in [5.41, 5.74) is -2.33. The molecule has 0 fully saturated rings. The average Bonchev–Trinajstić information content (AvgIpc) is 3.06. The Morgan fingerprint density at radius 2 is 1.93 bits per heavy atom. The second-order valence-electron chi connectivity index (χ2n) is 5.19. The Hall–Kier alpha value is -2.79. The van der Waals surface area contributed by atoms with Crippen LogP contribution >= 0.6 is 11.3 Å². The van der Waals surface area contributed by atoms with E-state index < -0.39 is 53.6 Å². The van der Waals surface area contributed by atoms with Crippen molar-refractivity contribution in [3.05, 3.63) is 40.9 Å². The number of para-hydroxylation sites is 1. The van der Waals surface area contributed by atoms with Crippen LogP contribution in [0.4, 0.5) is 24.0 Å². The Morgan fingerprint density at radius 1 is 1.19 bits per heavy atom. The first-order chi connectivity index (χ1) is 12.7. The van der Waals surface area contributed by atoms with Gasteiger partial charge in [-0.1, -0.05) is 6.07 Å². The van der Waals surface area contributed by atoms with E-state index in [2.05, 4.69) is 15.0 Å². The predicted octanol–water partition coefficient (Wildman–Crippen LogP) is 2.96. The van der Waals surface area contributed by atoms with E-state index in [-0.39, 0.29) is 5.13 Å². The van der Waals surface area contributed by atoms with Gasteiger partial charge in [0.2, 0.25) is 11.8 Å². The lowest BCUT2D eigenvalue weighted by atomic mass is 10.0. The first-order valence-electron chi connectivity index (χ1n) is 7.44. The lowest BCUT2D eigenvalue weighted by Gasteiger charge is -2.17. The van der Waals surface area contributed by atoms with Crippen molar-refractivity contribution in [1.82, 2.24) is 4.98 Å². The zero-order chi connectivity index (χ0) is 20.0. The van der Waals surface area contributed by atoms with E-state index >= 15 is 0 Å². The van der Waals surface area contributed by atoms with Crippen LogP contribution in [-0.4, -0.2) is 36.3 Å². The number of amides is 2. The molecule has 144 valence electrons. The van der Waals surface area contributed by atoms with E-state index in [9.17, 15) is 27.6 Å². The van der Waals surface area contributed by atoms with Gasteiger partial charge in [-0.05, 0) is 12.1 Å². The maximum absolute atomic E-state index is 13.3. The molecule has 0 radical (unpaired) electrons. The Labute approximate surface area is 155 Å². The van der Waals surface area contributed by atoms with Gasteiger partial charge in [-0.2, -0.15) is 13.2 Å². The first-order valence-corrected chi connectivity index (χ1v) is 8.32. The zero-order valence-electron chi connectivity index (χ0n) is 13.9. The molecule has 1 aromatic carbocycles. The summed E-state index contributed by atoms with van der Waals surface area (Å²) in [5.74, 6) is -2.49. The van der Waals surface area contributed by atoms with Crippen molar-refractivity contribution in [1.29, 1.82) is 0 Å². The second kappa shape index (κ2) is 8.73. The molecular formula is C16H14F3N3O4S. The van der Waals surface area contributed by atoms with Gasteiger partial charge >= 0.3 is 6.18 Å². The van der Waals surface area contributed by atoms with E-state index in [1.165, 1.54) is 13.3 Å². The fraction of sp³-hybridized carbons (Fsp3) is 0.250. The van der Waals surface area contributed by atoms with Crippen LogP contribution in [0.25, 0.3) is 0 Å². The normalized spacial score (nSPS) is 11.1. The number of ketones is 1. The lowest BCUT2D eigenvalue weighted by Crippen LogP contribution is -2.23. The highest BCUT2D eigenvalue weighted by Crippen LogP contribution is 2.37. The number of hydrogen-bond acceptors (Lipinski definition) is 6. The van der Waals surface area contributed by atoms with Gasteiger partial charge in [0.1, 0.15) is 6.61 Å². The van der Waals surface area contributed by atoms with Crippen LogP contribution in [0.2, 0.25) is 0 Å². The zero-order valence-corrected chi connectivity index (χ0v) is 14.7. The molecule has 2 N–H and O–H groups in total. The highest BCUT2D eigenvalue weighted by Gasteiger charge is 2.36. The SMILES string of the molecule is COCC(=O)Nc1c(C(=O)CC(=O)Nc2nccs2)cccc1C(F)(F)F. The van der Waals surface area contributed by atoms with Gasteiger partial charge in [-0.25, -0.2) is 4.98 Å². The van der Waals surface area contributed by atoms with Crippen molar-refractivity contribution >= 4 is 39.8 Å². The number of rotatable bonds is 7. The Morgan fingerprint density at radius 3 is 2.52 bits per heavy atom. The first kappa shape index (κ1) is 20.5. The molecular weight excluding hydrogens is 387 g/mol. The number of nitrogens with one attached hydrogen (secondary N) is 2. The van der Waals surface area contributed by atoms with Gasteiger partial charge in [-0.3, -0.25) is 14.4 Å². The third kappa shape index (κ3) is 5.59. The molecule has 0 unspecified atom stereocenters. The number of alkyl halides is 3. The fourth-order valence-electron chi connectivity index (χ4n) is 2.15. The van der Waals surface area contributed by atoms with Crippen molar-refractivity contribution < 1.29 is 32.3 Å². The Bertz CT molecular complexity index is 838. The number of aromatic nitrogens is 1. The minimum Gasteiger partial charge on any atom is -0.375 e. The average molecular weight is 401 g/mol. The highest BCUT2D eigenvalue weighted by atomic mass is 32.1. The number of carbonyl (C=O) groups excluding carboxylic acids is 3. The molecule has 11 heteroatoms. The summed E-state index contributed by atoms with van der Waals surface area (Å²) in [6.07, 6.45) is -4.08. The molecule has 0 spiro atoms. The smallest absolute Gasteiger partial charge is 0.375 e. The Kier molecular flexibility index (Phi) is 6.64. The van der Waals surface area contributed by atoms with Crippen molar-refractivity contribution in [2.75, 3.05) is 24.4 Å². The summed E-state index contributed by atoms with van der Waals surface area (Å²) < 4.78 is 44.4. The number of nitrogens with zero attached hydrogens (tertiary/aromatic N) is 1. The summed E-state index contributed by atoms with van der Waals surface area (Å²) in [5, 5.41) is 6.27. The summed E-state index contributed by atoms with van der Waals surface area (Å²) in [6.45, 7) is -0.496. The molecule has 0 aliphatic carbocycles. The molecule has 0 bridgehead atoms. The molecule has 7 nitrogen and oxygen atoms in total. The van der Waals surface area contributed by atoms with Gasteiger partial charge in [0.15, 0.2) is 10.9 Å². The number of halogens is 3. The molecule has 0 saturated carbocycles.